The van der Waals surface area contributed by atoms with Gasteiger partial charge in [-0.2, -0.15) is 4.39 Å². The molecule has 2 rings (SSSR count). The zero-order valence-corrected chi connectivity index (χ0v) is 11.5. The highest BCUT2D eigenvalue weighted by molar-refractivity contribution is 8.00. The zero-order valence-electron chi connectivity index (χ0n) is 9.86. The SMILES string of the molecule is O=C(CSCC1CCCCO1)Nc1ncc(F)s1. The van der Waals surface area contributed by atoms with E-state index in [1.165, 1.54) is 18.2 Å². The lowest BCUT2D eigenvalue weighted by molar-refractivity contribution is -0.113. The van der Waals surface area contributed by atoms with E-state index in [0.29, 0.717) is 10.9 Å². The van der Waals surface area contributed by atoms with Gasteiger partial charge in [0.15, 0.2) is 10.3 Å². The minimum Gasteiger partial charge on any atom is -0.377 e. The Morgan fingerprint density at radius 3 is 3.22 bits per heavy atom. The van der Waals surface area contributed by atoms with E-state index in [0.717, 1.165) is 42.7 Å². The summed E-state index contributed by atoms with van der Waals surface area (Å²) < 4.78 is 18.2. The van der Waals surface area contributed by atoms with Crippen LogP contribution in [0.3, 0.4) is 0 Å². The van der Waals surface area contributed by atoms with Crippen molar-refractivity contribution in [1.29, 1.82) is 0 Å². The number of anilines is 1. The molecule has 0 aromatic carbocycles. The van der Waals surface area contributed by atoms with E-state index >= 15 is 0 Å². The van der Waals surface area contributed by atoms with Gasteiger partial charge < -0.3 is 10.1 Å². The molecule has 1 N–H and O–H groups in total. The first kappa shape index (κ1) is 13.8. The van der Waals surface area contributed by atoms with E-state index in [4.69, 9.17) is 4.74 Å². The Morgan fingerprint density at radius 1 is 1.67 bits per heavy atom. The predicted molar refractivity (Wildman–Crippen MR) is 71.6 cm³/mol. The van der Waals surface area contributed by atoms with Gasteiger partial charge in [0, 0.05) is 12.4 Å². The second-order valence-electron chi connectivity index (χ2n) is 4.02. The highest BCUT2D eigenvalue weighted by atomic mass is 32.2. The van der Waals surface area contributed by atoms with Crippen LogP contribution in [0, 0.1) is 5.13 Å². The third-order valence-corrected chi connectivity index (χ3v) is 4.31. The Bertz CT molecular complexity index is 394. The summed E-state index contributed by atoms with van der Waals surface area (Å²) in [6.45, 7) is 0.829. The number of rotatable bonds is 5. The van der Waals surface area contributed by atoms with Gasteiger partial charge in [0.1, 0.15) is 0 Å². The summed E-state index contributed by atoms with van der Waals surface area (Å²) in [6.07, 6.45) is 4.79. The third kappa shape index (κ3) is 4.55. The number of amides is 1. The van der Waals surface area contributed by atoms with Crippen LogP contribution in [0.15, 0.2) is 6.20 Å². The van der Waals surface area contributed by atoms with Gasteiger partial charge in [0.05, 0.1) is 18.1 Å². The van der Waals surface area contributed by atoms with Crippen molar-refractivity contribution in [3.63, 3.8) is 0 Å². The Morgan fingerprint density at radius 2 is 2.56 bits per heavy atom. The largest absolute Gasteiger partial charge is 0.377 e. The van der Waals surface area contributed by atoms with E-state index in [1.54, 1.807) is 0 Å². The highest BCUT2D eigenvalue weighted by Crippen LogP contribution is 2.18. The number of ether oxygens (including phenoxy) is 1. The van der Waals surface area contributed by atoms with Crippen LogP contribution in [-0.4, -0.2) is 35.1 Å². The van der Waals surface area contributed by atoms with Gasteiger partial charge in [-0.05, 0) is 19.3 Å². The number of nitrogens with zero attached hydrogens (tertiary/aromatic N) is 1. The number of nitrogens with one attached hydrogen (secondary N) is 1. The van der Waals surface area contributed by atoms with Gasteiger partial charge in [-0.1, -0.05) is 11.3 Å². The number of thiazole rings is 1. The summed E-state index contributed by atoms with van der Waals surface area (Å²) in [5, 5.41) is 2.48. The van der Waals surface area contributed by atoms with Crippen molar-refractivity contribution in [3.8, 4) is 0 Å². The van der Waals surface area contributed by atoms with E-state index in [9.17, 15) is 9.18 Å². The third-order valence-electron chi connectivity index (χ3n) is 2.53. The molecular weight excluding hydrogens is 275 g/mol. The quantitative estimate of drug-likeness (QED) is 0.905. The maximum atomic E-state index is 12.7. The Hall–Kier alpha value is -0.660. The molecule has 1 saturated heterocycles. The standard InChI is InChI=1S/C11H15FN2O2S2/c12-9-5-13-11(18-9)14-10(15)7-17-6-8-3-1-2-4-16-8/h5,8H,1-4,6-7H2,(H,13,14,15). The minimum atomic E-state index is -0.395. The van der Waals surface area contributed by atoms with Crippen LogP contribution >= 0.6 is 23.1 Å². The van der Waals surface area contributed by atoms with Crippen molar-refractivity contribution >= 4 is 34.1 Å². The van der Waals surface area contributed by atoms with Gasteiger partial charge in [-0.3, -0.25) is 4.79 Å². The van der Waals surface area contributed by atoms with E-state index < -0.39 is 5.13 Å². The fourth-order valence-electron chi connectivity index (χ4n) is 1.69. The lowest BCUT2D eigenvalue weighted by Gasteiger charge is -2.21. The molecule has 100 valence electrons. The Kier molecular flexibility index (Phi) is 5.40. The smallest absolute Gasteiger partial charge is 0.236 e. The molecule has 2 heterocycles. The number of hydrogen-bond donors (Lipinski definition) is 1. The molecule has 18 heavy (non-hydrogen) atoms. The van der Waals surface area contributed by atoms with Crippen molar-refractivity contribution in [2.24, 2.45) is 0 Å². The van der Waals surface area contributed by atoms with Crippen LogP contribution in [0.2, 0.25) is 0 Å². The molecule has 0 spiro atoms. The maximum Gasteiger partial charge on any atom is 0.236 e. The summed E-state index contributed by atoms with van der Waals surface area (Å²) in [6, 6.07) is 0. The normalized spacial score (nSPS) is 19.7. The summed E-state index contributed by atoms with van der Waals surface area (Å²) in [5.41, 5.74) is 0. The van der Waals surface area contributed by atoms with Gasteiger partial charge >= 0.3 is 0 Å². The van der Waals surface area contributed by atoms with Crippen LogP contribution < -0.4 is 5.32 Å². The van der Waals surface area contributed by atoms with E-state index in [1.807, 2.05) is 0 Å². The highest BCUT2D eigenvalue weighted by Gasteiger charge is 2.14. The van der Waals surface area contributed by atoms with Gasteiger partial charge in [0.2, 0.25) is 5.91 Å². The average Bonchev–Trinajstić information content (AvgIpc) is 2.76. The van der Waals surface area contributed by atoms with Crippen molar-refractivity contribution in [3.05, 3.63) is 11.3 Å². The first-order chi connectivity index (χ1) is 8.74. The lowest BCUT2D eigenvalue weighted by atomic mass is 10.1. The van der Waals surface area contributed by atoms with Crippen molar-refractivity contribution in [2.75, 3.05) is 23.4 Å². The number of hydrogen-bond acceptors (Lipinski definition) is 5. The summed E-state index contributed by atoms with van der Waals surface area (Å²) in [7, 11) is 0. The monoisotopic (exact) mass is 290 g/mol. The molecule has 1 amide bonds. The van der Waals surface area contributed by atoms with Crippen LogP contribution in [0.25, 0.3) is 0 Å². The molecule has 1 aliphatic heterocycles. The van der Waals surface area contributed by atoms with Crippen LogP contribution in [0.1, 0.15) is 19.3 Å². The number of carbonyl (C=O) groups is 1. The second-order valence-corrected chi connectivity index (χ2v) is 6.03. The molecule has 0 bridgehead atoms. The Balaban J connectivity index is 1.62. The van der Waals surface area contributed by atoms with Gasteiger partial charge in [0.25, 0.3) is 0 Å². The van der Waals surface area contributed by atoms with Crippen LogP contribution in [0.4, 0.5) is 9.52 Å². The fraction of sp³-hybridized carbons (Fsp3) is 0.636. The molecule has 1 aromatic heterocycles. The molecule has 1 unspecified atom stereocenters. The van der Waals surface area contributed by atoms with E-state index in [2.05, 4.69) is 10.3 Å². The zero-order chi connectivity index (χ0) is 12.8. The number of carbonyl (C=O) groups excluding carboxylic acids is 1. The minimum absolute atomic E-state index is 0.148. The molecule has 4 nitrogen and oxygen atoms in total. The molecule has 0 aliphatic carbocycles. The first-order valence-corrected chi connectivity index (χ1v) is 7.81. The topological polar surface area (TPSA) is 51.2 Å². The lowest BCUT2D eigenvalue weighted by Crippen LogP contribution is -2.22. The van der Waals surface area contributed by atoms with Crippen LogP contribution in [0.5, 0.6) is 0 Å². The summed E-state index contributed by atoms with van der Waals surface area (Å²) >= 11 is 2.37. The molecule has 1 fully saturated rings. The summed E-state index contributed by atoms with van der Waals surface area (Å²) in [4.78, 5) is 15.3. The van der Waals surface area contributed by atoms with Crippen molar-refractivity contribution < 1.29 is 13.9 Å². The molecule has 7 heteroatoms. The first-order valence-electron chi connectivity index (χ1n) is 5.84. The molecule has 1 aromatic rings. The Labute approximate surface area is 113 Å². The molecule has 1 aliphatic rings. The molecular formula is C11H15FN2O2S2. The molecule has 1 atom stereocenters. The van der Waals surface area contributed by atoms with E-state index in [-0.39, 0.29) is 12.0 Å². The average molecular weight is 290 g/mol. The van der Waals surface area contributed by atoms with Gasteiger partial charge in [-0.15, -0.1) is 11.8 Å². The predicted octanol–water partition coefficient (Wildman–Crippen LogP) is 2.52. The second kappa shape index (κ2) is 7.06. The van der Waals surface area contributed by atoms with Crippen LogP contribution in [-0.2, 0) is 9.53 Å². The van der Waals surface area contributed by atoms with Crippen molar-refractivity contribution in [1.82, 2.24) is 4.98 Å². The maximum absolute atomic E-state index is 12.7. The number of aromatic nitrogens is 1. The molecule has 0 saturated carbocycles. The van der Waals surface area contributed by atoms with Crippen molar-refractivity contribution in [2.45, 2.75) is 25.4 Å². The molecule has 0 radical (unpaired) electrons. The summed E-state index contributed by atoms with van der Waals surface area (Å²) in [5.74, 6) is 1.03. The fourth-order valence-corrected chi connectivity index (χ4v) is 3.15. The number of halogens is 1. The number of thioether (sulfide) groups is 1. The van der Waals surface area contributed by atoms with Gasteiger partial charge in [-0.25, -0.2) is 4.98 Å².